The third kappa shape index (κ3) is 3.14. The molecule has 0 saturated heterocycles. The summed E-state index contributed by atoms with van der Waals surface area (Å²) in [5, 5.41) is 10.8. The van der Waals surface area contributed by atoms with E-state index in [1.165, 1.54) is 9.47 Å². The van der Waals surface area contributed by atoms with Crippen molar-refractivity contribution in [2.24, 2.45) is 4.99 Å². The van der Waals surface area contributed by atoms with Gasteiger partial charge in [-0.25, -0.2) is 4.79 Å². The average Bonchev–Trinajstić information content (AvgIpc) is 2.81. The Labute approximate surface area is 129 Å². The first-order chi connectivity index (χ1) is 9.91. The molecule has 2 aromatic rings. The molecule has 1 N–H and O–H groups in total. The zero-order chi connectivity index (χ0) is 15.6. The Bertz CT molecular complexity index is 764. The third-order valence-corrected chi connectivity index (χ3v) is 3.76. The van der Waals surface area contributed by atoms with E-state index in [1.54, 1.807) is 43.7 Å². The van der Waals surface area contributed by atoms with Gasteiger partial charge in [-0.3, -0.25) is 9.36 Å². The van der Waals surface area contributed by atoms with Gasteiger partial charge < -0.3 is 10.0 Å². The molecule has 2 rings (SSSR count). The predicted octanol–water partition coefficient (Wildman–Crippen LogP) is 2.47. The second-order valence-corrected chi connectivity index (χ2v) is 5.53. The Balaban J connectivity index is 2.77. The molecule has 0 unspecified atom stereocenters. The molecule has 0 aliphatic rings. The minimum Gasteiger partial charge on any atom is -0.463 e. The van der Waals surface area contributed by atoms with Gasteiger partial charge in [-0.15, -0.1) is 16.3 Å². The van der Waals surface area contributed by atoms with Crippen molar-refractivity contribution in [3.63, 3.8) is 0 Å². The minimum atomic E-state index is -1.33. The van der Waals surface area contributed by atoms with Crippen LogP contribution in [0.2, 0.25) is 5.02 Å². The lowest BCUT2D eigenvalue weighted by molar-refractivity contribution is 0.0819. The SMILES string of the molecule is CN(C)C(=O)c1csc(=NC(=O)O)n1-c1ccccc1Cl. The van der Waals surface area contributed by atoms with Gasteiger partial charge in [0.05, 0.1) is 10.7 Å². The summed E-state index contributed by atoms with van der Waals surface area (Å²) >= 11 is 7.21. The lowest BCUT2D eigenvalue weighted by Gasteiger charge is -2.13. The first-order valence-corrected chi connectivity index (χ1v) is 7.12. The van der Waals surface area contributed by atoms with E-state index in [9.17, 15) is 9.59 Å². The van der Waals surface area contributed by atoms with Gasteiger partial charge in [0.25, 0.3) is 5.91 Å². The first-order valence-electron chi connectivity index (χ1n) is 5.86. The highest BCUT2D eigenvalue weighted by Gasteiger charge is 2.18. The molecule has 0 bridgehead atoms. The number of carbonyl (C=O) groups is 2. The van der Waals surface area contributed by atoms with Crippen LogP contribution in [-0.2, 0) is 0 Å². The van der Waals surface area contributed by atoms with Gasteiger partial charge in [-0.2, -0.15) is 0 Å². The highest BCUT2D eigenvalue weighted by Crippen LogP contribution is 2.21. The average molecular weight is 326 g/mol. The van der Waals surface area contributed by atoms with Crippen LogP contribution in [0.5, 0.6) is 0 Å². The van der Waals surface area contributed by atoms with Crippen molar-refractivity contribution in [2.75, 3.05) is 14.1 Å². The fourth-order valence-corrected chi connectivity index (χ4v) is 2.79. The molecular formula is C13H12ClN3O3S. The van der Waals surface area contributed by atoms with Crippen molar-refractivity contribution in [1.29, 1.82) is 0 Å². The van der Waals surface area contributed by atoms with Crippen LogP contribution in [0.15, 0.2) is 34.6 Å². The van der Waals surface area contributed by atoms with Gasteiger partial charge in [0.15, 0.2) is 0 Å². The first kappa shape index (κ1) is 15.3. The summed E-state index contributed by atoms with van der Waals surface area (Å²) in [7, 11) is 3.23. The normalized spacial score (nSPS) is 11.5. The molecule has 1 aromatic carbocycles. The van der Waals surface area contributed by atoms with Crippen molar-refractivity contribution < 1.29 is 14.7 Å². The maximum Gasteiger partial charge on any atom is 0.433 e. The van der Waals surface area contributed by atoms with E-state index in [1.807, 2.05) is 0 Å². The molecule has 0 spiro atoms. The summed E-state index contributed by atoms with van der Waals surface area (Å²) in [6.45, 7) is 0. The number of halogens is 1. The fourth-order valence-electron chi connectivity index (χ4n) is 1.72. The number of hydrogen-bond acceptors (Lipinski definition) is 3. The molecule has 21 heavy (non-hydrogen) atoms. The summed E-state index contributed by atoms with van der Waals surface area (Å²) in [6.07, 6.45) is -1.33. The predicted molar refractivity (Wildman–Crippen MR) is 80.3 cm³/mol. The highest BCUT2D eigenvalue weighted by molar-refractivity contribution is 7.07. The molecule has 1 aromatic heterocycles. The summed E-state index contributed by atoms with van der Waals surface area (Å²) in [5.74, 6) is -0.266. The number of rotatable bonds is 2. The number of benzene rings is 1. The van der Waals surface area contributed by atoms with Crippen LogP contribution in [0.4, 0.5) is 4.79 Å². The van der Waals surface area contributed by atoms with Crippen LogP contribution < -0.4 is 4.80 Å². The number of thiazole rings is 1. The van der Waals surface area contributed by atoms with Gasteiger partial charge in [0.1, 0.15) is 5.69 Å². The Hall–Kier alpha value is -2.12. The van der Waals surface area contributed by atoms with E-state index in [-0.39, 0.29) is 10.7 Å². The van der Waals surface area contributed by atoms with E-state index in [0.29, 0.717) is 16.4 Å². The summed E-state index contributed by atoms with van der Waals surface area (Å²) in [5.41, 5.74) is 0.809. The standard InChI is InChI=1S/C13H12ClN3O3S/c1-16(2)11(18)10-7-21-12(15-13(19)20)17(10)9-6-4-3-5-8(9)14/h3-7H,1-2H3,(H,19,20). The van der Waals surface area contributed by atoms with E-state index in [4.69, 9.17) is 16.7 Å². The van der Waals surface area contributed by atoms with Crippen LogP contribution in [-0.4, -0.2) is 40.7 Å². The quantitative estimate of drug-likeness (QED) is 0.921. The van der Waals surface area contributed by atoms with E-state index in [0.717, 1.165) is 11.3 Å². The largest absolute Gasteiger partial charge is 0.463 e. The molecule has 110 valence electrons. The van der Waals surface area contributed by atoms with Gasteiger partial charge in [0, 0.05) is 19.5 Å². The molecule has 0 fully saturated rings. The summed E-state index contributed by atoms with van der Waals surface area (Å²) < 4.78 is 1.45. The van der Waals surface area contributed by atoms with Crippen molar-refractivity contribution in [3.8, 4) is 5.69 Å². The smallest absolute Gasteiger partial charge is 0.433 e. The number of para-hydroxylation sites is 1. The van der Waals surface area contributed by atoms with Gasteiger partial charge in [-0.05, 0) is 12.1 Å². The van der Waals surface area contributed by atoms with Gasteiger partial charge in [-0.1, -0.05) is 23.7 Å². The molecule has 0 atom stereocenters. The highest BCUT2D eigenvalue weighted by atomic mass is 35.5. The number of nitrogens with zero attached hydrogens (tertiary/aromatic N) is 3. The maximum atomic E-state index is 12.2. The molecule has 2 amide bonds. The van der Waals surface area contributed by atoms with E-state index in [2.05, 4.69) is 4.99 Å². The van der Waals surface area contributed by atoms with Crippen molar-refractivity contribution in [2.45, 2.75) is 0 Å². The summed E-state index contributed by atoms with van der Waals surface area (Å²) in [6, 6.07) is 6.86. The van der Waals surface area contributed by atoms with Crippen molar-refractivity contribution in [3.05, 3.63) is 45.2 Å². The number of amides is 2. The second-order valence-electron chi connectivity index (χ2n) is 4.28. The van der Waals surface area contributed by atoms with Gasteiger partial charge in [0.2, 0.25) is 4.80 Å². The molecule has 0 aliphatic carbocycles. The molecular weight excluding hydrogens is 314 g/mol. The van der Waals surface area contributed by atoms with Crippen LogP contribution >= 0.6 is 22.9 Å². The Morgan fingerprint density at radius 3 is 2.57 bits per heavy atom. The van der Waals surface area contributed by atoms with Gasteiger partial charge >= 0.3 is 6.09 Å². The summed E-state index contributed by atoms with van der Waals surface area (Å²) in [4.78, 5) is 28.2. The zero-order valence-corrected chi connectivity index (χ0v) is 12.9. The van der Waals surface area contributed by atoms with Crippen LogP contribution in [0, 0.1) is 0 Å². The lowest BCUT2D eigenvalue weighted by Crippen LogP contribution is -2.27. The zero-order valence-electron chi connectivity index (χ0n) is 11.3. The molecule has 8 heteroatoms. The van der Waals surface area contributed by atoms with Crippen LogP contribution in [0.1, 0.15) is 10.5 Å². The number of carboxylic acid groups (broad SMARTS) is 1. The second kappa shape index (κ2) is 6.11. The number of carbonyl (C=O) groups excluding carboxylic acids is 1. The molecule has 1 heterocycles. The van der Waals surface area contributed by atoms with E-state index >= 15 is 0 Å². The Morgan fingerprint density at radius 2 is 2.00 bits per heavy atom. The van der Waals surface area contributed by atoms with E-state index < -0.39 is 6.09 Å². The Morgan fingerprint density at radius 1 is 1.33 bits per heavy atom. The van der Waals surface area contributed by atoms with Crippen molar-refractivity contribution in [1.82, 2.24) is 9.47 Å². The maximum absolute atomic E-state index is 12.2. The molecule has 0 aliphatic heterocycles. The topological polar surface area (TPSA) is 74.9 Å². The fraction of sp³-hybridized carbons (Fsp3) is 0.154. The third-order valence-electron chi connectivity index (χ3n) is 2.62. The molecule has 0 saturated carbocycles. The Kier molecular flexibility index (Phi) is 4.44. The van der Waals surface area contributed by atoms with Crippen molar-refractivity contribution >= 4 is 34.9 Å². The molecule has 0 radical (unpaired) electrons. The van der Waals surface area contributed by atoms with Crippen LogP contribution in [0.3, 0.4) is 0 Å². The minimum absolute atomic E-state index is 0.167. The van der Waals surface area contributed by atoms with Crippen LogP contribution in [0.25, 0.3) is 5.69 Å². The lowest BCUT2D eigenvalue weighted by atomic mass is 10.3. The molecule has 6 nitrogen and oxygen atoms in total. The monoisotopic (exact) mass is 325 g/mol. The number of hydrogen-bond donors (Lipinski definition) is 1. The number of aromatic nitrogens is 1.